The van der Waals surface area contributed by atoms with E-state index >= 15 is 0 Å². The third-order valence-corrected chi connectivity index (χ3v) is 3.82. The second kappa shape index (κ2) is 5.44. The van der Waals surface area contributed by atoms with E-state index in [0.717, 1.165) is 22.5 Å². The average molecular weight is 325 g/mol. The fourth-order valence-electron chi connectivity index (χ4n) is 2.44. The highest BCUT2D eigenvalue weighted by atomic mass is 35.5. The first-order valence-electron chi connectivity index (χ1n) is 6.93. The zero-order valence-electron chi connectivity index (χ0n) is 11.8. The minimum Gasteiger partial charge on any atom is -0.256 e. The standard InChI is InChI=1S/C17H10ClFN4/c18-13-10-11(3-4-14(13)19)17-12(2-1-7-21-17)15-5-6-16-20-8-9-23(16)22-15/h1-10H. The molecule has 4 nitrogen and oxygen atoms in total. The van der Waals surface area contributed by atoms with Crippen LogP contribution in [0.4, 0.5) is 4.39 Å². The van der Waals surface area contributed by atoms with Crippen molar-refractivity contribution in [2.75, 3.05) is 0 Å². The highest BCUT2D eigenvalue weighted by Gasteiger charge is 2.12. The summed E-state index contributed by atoms with van der Waals surface area (Å²) in [6.07, 6.45) is 5.16. The summed E-state index contributed by atoms with van der Waals surface area (Å²) in [6.45, 7) is 0. The summed E-state index contributed by atoms with van der Waals surface area (Å²) in [5.74, 6) is -0.453. The van der Waals surface area contributed by atoms with Crippen LogP contribution >= 0.6 is 11.6 Å². The fourth-order valence-corrected chi connectivity index (χ4v) is 2.62. The van der Waals surface area contributed by atoms with E-state index in [2.05, 4.69) is 15.1 Å². The first kappa shape index (κ1) is 13.8. The summed E-state index contributed by atoms with van der Waals surface area (Å²) in [6, 6.07) is 12.1. The van der Waals surface area contributed by atoms with Crippen molar-refractivity contribution in [1.82, 2.24) is 19.6 Å². The largest absolute Gasteiger partial charge is 0.256 e. The summed E-state index contributed by atoms with van der Waals surface area (Å²) in [5.41, 5.74) is 3.79. The van der Waals surface area contributed by atoms with E-state index in [4.69, 9.17) is 11.6 Å². The number of hydrogen-bond acceptors (Lipinski definition) is 3. The van der Waals surface area contributed by atoms with Gasteiger partial charge in [-0.25, -0.2) is 13.9 Å². The number of halogens is 2. The van der Waals surface area contributed by atoms with Gasteiger partial charge in [0, 0.05) is 29.7 Å². The quantitative estimate of drug-likeness (QED) is 0.553. The predicted octanol–water partition coefficient (Wildman–Crippen LogP) is 4.25. The van der Waals surface area contributed by atoms with Gasteiger partial charge in [0.1, 0.15) is 5.82 Å². The van der Waals surface area contributed by atoms with Gasteiger partial charge in [-0.15, -0.1) is 0 Å². The number of pyridine rings is 1. The number of aromatic nitrogens is 4. The lowest BCUT2D eigenvalue weighted by atomic mass is 10.0. The molecule has 0 atom stereocenters. The van der Waals surface area contributed by atoms with Crippen LogP contribution in [0.3, 0.4) is 0 Å². The van der Waals surface area contributed by atoms with Crippen LogP contribution in [0.1, 0.15) is 0 Å². The second-order valence-corrected chi connectivity index (χ2v) is 5.38. The predicted molar refractivity (Wildman–Crippen MR) is 86.6 cm³/mol. The molecule has 0 spiro atoms. The zero-order valence-corrected chi connectivity index (χ0v) is 12.6. The van der Waals surface area contributed by atoms with E-state index in [-0.39, 0.29) is 5.02 Å². The topological polar surface area (TPSA) is 43.1 Å². The molecule has 0 fully saturated rings. The van der Waals surface area contributed by atoms with E-state index in [1.807, 2.05) is 24.3 Å². The Morgan fingerprint density at radius 3 is 2.78 bits per heavy atom. The monoisotopic (exact) mass is 324 g/mol. The van der Waals surface area contributed by atoms with E-state index in [0.29, 0.717) is 5.69 Å². The van der Waals surface area contributed by atoms with Crippen LogP contribution in [0.5, 0.6) is 0 Å². The maximum Gasteiger partial charge on any atom is 0.153 e. The molecule has 0 saturated carbocycles. The zero-order chi connectivity index (χ0) is 15.8. The van der Waals surface area contributed by atoms with E-state index in [9.17, 15) is 4.39 Å². The van der Waals surface area contributed by atoms with Crippen LogP contribution in [0.2, 0.25) is 5.02 Å². The van der Waals surface area contributed by atoms with E-state index in [1.165, 1.54) is 6.07 Å². The maximum atomic E-state index is 13.4. The van der Waals surface area contributed by atoms with Crippen molar-refractivity contribution in [1.29, 1.82) is 0 Å². The van der Waals surface area contributed by atoms with Gasteiger partial charge in [-0.2, -0.15) is 5.10 Å². The third-order valence-electron chi connectivity index (χ3n) is 3.53. The van der Waals surface area contributed by atoms with Gasteiger partial charge in [0.2, 0.25) is 0 Å². The smallest absolute Gasteiger partial charge is 0.153 e. The van der Waals surface area contributed by atoms with E-state index in [1.54, 1.807) is 35.2 Å². The van der Waals surface area contributed by atoms with Gasteiger partial charge in [-0.1, -0.05) is 11.6 Å². The summed E-state index contributed by atoms with van der Waals surface area (Å²) < 4.78 is 15.1. The molecular weight excluding hydrogens is 315 g/mol. The summed E-state index contributed by atoms with van der Waals surface area (Å²) in [5, 5.41) is 4.61. The van der Waals surface area contributed by atoms with Crippen LogP contribution in [0, 0.1) is 5.82 Å². The molecule has 23 heavy (non-hydrogen) atoms. The molecule has 6 heteroatoms. The SMILES string of the molecule is Fc1ccc(-c2ncccc2-c2ccc3nccn3n2)cc1Cl. The summed E-state index contributed by atoms with van der Waals surface area (Å²) >= 11 is 5.89. The van der Waals surface area contributed by atoms with Crippen molar-refractivity contribution < 1.29 is 4.39 Å². The number of nitrogens with zero attached hydrogens (tertiary/aromatic N) is 4. The molecule has 3 heterocycles. The summed E-state index contributed by atoms with van der Waals surface area (Å²) in [4.78, 5) is 8.60. The molecule has 112 valence electrons. The average Bonchev–Trinajstić information content (AvgIpc) is 3.05. The molecule has 4 rings (SSSR count). The lowest BCUT2D eigenvalue weighted by Crippen LogP contribution is -1.96. The molecule has 0 radical (unpaired) electrons. The molecule has 3 aromatic heterocycles. The number of rotatable bonds is 2. The highest BCUT2D eigenvalue weighted by Crippen LogP contribution is 2.31. The molecule has 0 bridgehead atoms. The first-order valence-corrected chi connectivity index (χ1v) is 7.31. The Balaban J connectivity index is 1.90. The molecule has 0 aliphatic carbocycles. The second-order valence-electron chi connectivity index (χ2n) is 4.98. The van der Waals surface area contributed by atoms with Crippen LogP contribution in [-0.4, -0.2) is 19.6 Å². The van der Waals surface area contributed by atoms with Crippen LogP contribution in [-0.2, 0) is 0 Å². The minimum atomic E-state index is -0.453. The Morgan fingerprint density at radius 2 is 1.91 bits per heavy atom. The normalized spacial score (nSPS) is 11.0. The van der Waals surface area contributed by atoms with Crippen molar-refractivity contribution >= 4 is 17.2 Å². The van der Waals surface area contributed by atoms with Crippen LogP contribution in [0.25, 0.3) is 28.2 Å². The Kier molecular flexibility index (Phi) is 3.28. The van der Waals surface area contributed by atoms with Crippen molar-refractivity contribution in [3.8, 4) is 22.5 Å². The van der Waals surface area contributed by atoms with Gasteiger partial charge < -0.3 is 0 Å². The van der Waals surface area contributed by atoms with Crippen molar-refractivity contribution in [3.63, 3.8) is 0 Å². The minimum absolute atomic E-state index is 0.0668. The lowest BCUT2D eigenvalue weighted by molar-refractivity contribution is 0.628. The molecule has 1 aromatic carbocycles. The van der Waals surface area contributed by atoms with Gasteiger partial charge in [0.15, 0.2) is 5.65 Å². The maximum absolute atomic E-state index is 13.4. The van der Waals surface area contributed by atoms with Gasteiger partial charge in [0.05, 0.1) is 16.4 Å². The molecule has 0 aliphatic heterocycles. The third kappa shape index (κ3) is 2.45. The number of benzene rings is 1. The summed E-state index contributed by atoms with van der Waals surface area (Å²) in [7, 11) is 0. The Labute approximate surface area is 136 Å². The molecule has 0 saturated heterocycles. The first-order chi connectivity index (χ1) is 11.2. The van der Waals surface area contributed by atoms with Crippen LogP contribution in [0.15, 0.2) is 61.1 Å². The Hall–Kier alpha value is -2.79. The lowest BCUT2D eigenvalue weighted by Gasteiger charge is -2.09. The van der Waals surface area contributed by atoms with Gasteiger partial charge >= 0.3 is 0 Å². The molecule has 0 N–H and O–H groups in total. The van der Waals surface area contributed by atoms with Crippen molar-refractivity contribution in [2.24, 2.45) is 0 Å². The van der Waals surface area contributed by atoms with Crippen molar-refractivity contribution in [3.05, 3.63) is 71.9 Å². The molecule has 0 aliphatic rings. The van der Waals surface area contributed by atoms with Gasteiger partial charge in [0.25, 0.3) is 0 Å². The molecule has 0 amide bonds. The molecule has 0 unspecified atom stereocenters. The van der Waals surface area contributed by atoms with E-state index < -0.39 is 5.82 Å². The fraction of sp³-hybridized carbons (Fsp3) is 0. The molecule has 4 aromatic rings. The number of hydrogen-bond donors (Lipinski definition) is 0. The molecular formula is C17H10ClFN4. The highest BCUT2D eigenvalue weighted by molar-refractivity contribution is 6.31. The van der Waals surface area contributed by atoms with Crippen molar-refractivity contribution in [2.45, 2.75) is 0 Å². The van der Waals surface area contributed by atoms with Gasteiger partial charge in [-0.05, 0) is 42.5 Å². The van der Waals surface area contributed by atoms with Gasteiger partial charge in [-0.3, -0.25) is 4.98 Å². The van der Waals surface area contributed by atoms with Crippen LogP contribution < -0.4 is 0 Å². The number of imidazole rings is 1. The Bertz CT molecular complexity index is 1010. The number of fused-ring (bicyclic) bond motifs is 1. The Morgan fingerprint density at radius 1 is 1.00 bits per heavy atom.